The third kappa shape index (κ3) is 4.30. The zero-order valence-corrected chi connectivity index (χ0v) is 14.0. The lowest BCUT2D eigenvalue weighted by atomic mass is 10.2. The molecule has 0 spiro atoms. The van der Waals surface area contributed by atoms with Gasteiger partial charge in [0.25, 0.3) is 0 Å². The van der Waals surface area contributed by atoms with E-state index in [1.165, 1.54) is 30.3 Å². The number of hydrogen-bond donors (Lipinski definition) is 1. The molecule has 6 heteroatoms. The van der Waals surface area contributed by atoms with Crippen molar-refractivity contribution in [2.45, 2.75) is 25.8 Å². The predicted octanol–water partition coefficient (Wildman–Crippen LogP) is 3.01. The third-order valence-corrected chi connectivity index (χ3v) is 4.71. The molecule has 122 valence electrons. The van der Waals surface area contributed by atoms with Gasteiger partial charge >= 0.3 is 0 Å². The van der Waals surface area contributed by atoms with Crippen LogP contribution in [-0.4, -0.2) is 35.4 Å². The Morgan fingerprint density at radius 2 is 2.30 bits per heavy atom. The Labute approximate surface area is 140 Å². The maximum atomic E-state index is 12.0. The van der Waals surface area contributed by atoms with Crippen molar-refractivity contribution in [3.05, 3.63) is 46.3 Å². The van der Waals surface area contributed by atoms with Crippen LogP contribution in [0.4, 0.5) is 0 Å². The highest BCUT2D eigenvalue weighted by molar-refractivity contribution is 7.10. The van der Waals surface area contributed by atoms with Crippen molar-refractivity contribution >= 4 is 23.3 Å². The van der Waals surface area contributed by atoms with Gasteiger partial charge in [-0.15, -0.1) is 11.3 Å². The molecule has 1 aliphatic heterocycles. The van der Waals surface area contributed by atoms with Crippen LogP contribution in [0.5, 0.6) is 0 Å². The van der Waals surface area contributed by atoms with Crippen LogP contribution in [0.3, 0.4) is 0 Å². The fraction of sp³-hybridized carbons (Fsp3) is 0.412. The van der Waals surface area contributed by atoms with Gasteiger partial charge in [0.05, 0.1) is 6.04 Å². The van der Waals surface area contributed by atoms with E-state index in [0.29, 0.717) is 6.54 Å². The van der Waals surface area contributed by atoms with E-state index < -0.39 is 0 Å². The zero-order valence-electron chi connectivity index (χ0n) is 13.2. The second-order valence-corrected chi connectivity index (χ2v) is 6.58. The van der Waals surface area contributed by atoms with Crippen LogP contribution in [0.15, 0.2) is 34.2 Å². The molecule has 0 aliphatic carbocycles. The van der Waals surface area contributed by atoms with Gasteiger partial charge in [0.1, 0.15) is 16.5 Å². The molecule has 3 heterocycles. The highest BCUT2D eigenvalue weighted by Crippen LogP contribution is 2.26. The van der Waals surface area contributed by atoms with Crippen LogP contribution in [0.2, 0.25) is 0 Å². The number of nitrogens with one attached hydrogen (secondary N) is 1. The van der Waals surface area contributed by atoms with Gasteiger partial charge in [0, 0.05) is 24.2 Å². The number of nitrogens with zero attached hydrogens (tertiary/aromatic N) is 2. The van der Waals surface area contributed by atoms with E-state index in [4.69, 9.17) is 4.42 Å². The first-order valence-electron chi connectivity index (χ1n) is 7.88. The molecule has 5 nitrogen and oxygen atoms in total. The van der Waals surface area contributed by atoms with Crippen molar-refractivity contribution in [3.63, 3.8) is 0 Å². The van der Waals surface area contributed by atoms with Crippen LogP contribution in [0.1, 0.15) is 35.4 Å². The molecule has 0 bridgehead atoms. The molecule has 1 N–H and O–H groups in total. The molecular formula is C17H21N3O2S. The maximum Gasteiger partial charge on any atom is 0.244 e. The number of furan rings is 1. The Morgan fingerprint density at radius 1 is 1.48 bits per heavy atom. The van der Waals surface area contributed by atoms with Crippen molar-refractivity contribution in [1.82, 2.24) is 15.2 Å². The minimum Gasteiger partial charge on any atom is -0.465 e. The molecular weight excluding hydrogens is 310 g/mol. The number of likely N-dealkylation sites (tertiary alicyclic amines) is 1. The monoisotopic (exact) mass is 331 g/mol. The number of rotatable bonds is 6. The molecule has 0 aromatic carbocycles. The quantitative estimate of drug-likeness (QED) is 0.827. The number of hydrogen-bond acceptors (Lipinski definition) is 5. The Morgan fingerprint density at radius 3 is 2.96 bits per heavy atom. The van der Waals surface area contributed by atoms with E-state index in [1.54, 1.807) is 12.3 Å². The predicted molar refractivity (Wildman–Crippen MR) is 91.2 cm³/mol. The van der Waals surface area contributed by atoms with Gasteiger partial charge in [0.2, 0.25) is 5.91 Å². The van der Waals surface area contributed by atoms with Crippen LogP contribution < -0.4 is 5.32 Å². The largest absolute Gasteiger partial charge is 0.465 e. The Bertz CT molecular complexity index is 657. The standard InChI is InChI=1S/C17H21N3O2S/c1-13-4-5-15(22-13)14(20-9-2-3-10-20)12-19-16(21)6-7-17-18-8-11-23-17/h4-8,11,14H,2-3,9-10,12H2,1H3,(H,19,21)/b7-6+/t14-/m0/s1. The topological polar surface area (TPSA) is 58.4 Å². The first-order valence-corrected chi connectivity index (χ1v) is 8.76. The summed E-state index contributed by atoms with van der Waals surface area (Å²) < 4.78 is 5.79. The molecule has 2 aromatic heterocycles. The molecule has 1 atom stereocenters. The van der Waals surface area contributed by atoms with Gasteiger partial charge in [-0.1, -0.05) is 0 Å². The van der Waals surface area contributed by atoms with Crippen molar-refractivity contribution in [3.8, 4) is 0 Å². The van der Waals surface area contributed by atoms with Crippen molar-refractivity contribution in [1.29, 1.82) is 0 Å². The van der Waals surface area contributed by atoms with Crippen LogP contribution in [0, 0.1) is 6.92 Å². The van der Waals surface area contributed by atoms with E-state index in [2.05, 4.69) is 15.2 Å². The first kappa shape index (κ1) is 16.0. The van der Waals surface area contributed by atoms with Crippen LogP contribution >= 0.6 is 11.3 Å². The number of aryl methyl sites for hydroxylation is 1. The number of carbonyl (C=O) groups is 1. The summed E-state index contributed by atoms with van der Waals surface area (Å²) in [6, 6.07) is 4.08. The maximum absolute atomic E-state index is 12.0. The molecule has 1 saturated heterocycles. The SMILES string of the molecule is Cc1ccc([C@H](CNC(=O)/C=C/c2nccs2)N2CCCC2)o1. The average Bonchev–Trinajstić information content (AvgIpc) is 3.28. The molecule has 2 aromatic rings. The first-order chi connectivity index (χ1) is 11.2. The summed E-state index contributed by atoms with van der Waals surface area (Å²) in [5.74, 6) is 1.72. The normalized spacial score (nSPS) is 16.9. The summed E-state index contributed by atoms with van der Waals surface area (Å²) in [5.41, 5.74) is 0. The van der Waals surface area contributed by atoms with Gasteiger partial charge in [-0.25, -0.2) is 4.98 Å². The van der Waals surface area contributed by atoms with Gasteiger partial charge in [-0.05, 0) is 51.1 Å². The van der Waals surface area contributed by atoms with E-state index in [0.717, 1.165) is 29.6 Å². The van der Waals surface area contributed by atoms with Crippen LogP contribution in [-0.2, 0) is 4.79 Å². The lowest BCUT2D eigenvalue weighted by Crippen LogP contribution is -2.36. The fourth-order valence-electron chi connectivity index (χ4n) is 2.82. The van der Waals surface area contributed by atoms with E-state index in [9.17, 15) is 4.79 Å². The van der Waals surface area contributed by atoms with E-state index in [-0.39, 0.29) is 11.9 Å². The van der Waals surface area contributed by atoms with E-state index in [1.807, 2.05) is 24.4 Å². The van der Waals surface area contributed by atoms with Gasteiger partial charge < -0.3 is 9.73 Å². The van der Waals surface area contributed by atoms with Gasteiger partial charge in [-0.2, -0.15) is 0 Å². The third-order valence-electron chi connectivity index (χ3n) is 3.97. The number of carbonyl (C=O) groups excluding carboxylic acids is 1. The molecule has 1 aliphatic rings. The molecule has 0 radical (unpaired) electrons. The van der Waals surface area contributed by atoms with E-state index >= 15 is 0 Å². The summed E-state index contributed by atoms with van der Waals surface area (Å²) in [7, 11) is 0. The molecule has 0 saturated carbocycles. The summed E-state index contributed by atoms with van der Waals surface area (Å²) in [4.78, 5) is 18.5. The minimum atomic E-state index is -0.104. The molecule has 23 heavy (non-hydrogen) atoms. The number of amides is 1. The van der Waals surface area contributed by atoms with Crippen molar-refractivity contribution < 1.29 is 9.21 Å². The highest BCUT2D eigenvalue weighted by Gasteiger charge is 2.26. The second kappa shape index (κ2) is 7.57. The zero-order chi connectivity index (χ0) is 16.1. The summed E-state index contributed by atoms with van der Waals surface area (Å²) >= 11 is 1.51. The molecule has 0 unspecified atom stereocenters. The highest BCUT2D eigenvalue weighted by atomic mass is 32.1. The Hall–Kier alpha value is -1.92. The molecule has 1 fully saturated rings. The second-order valence-electron chi connectivity index (χ2n) is 5.66. The summed E-state index contributed by atoms with van der Waals surface area (Å²) in [6.45, 7) is 4.60. The fourth-order valence-corrected chi connectivity index (χ4v) is 3.34. The lowest BCUT2D eigenvalue weighted by molar-refractivity contribution is -0.116. The van der Waals surface area contributed by atoms with Crippen LogP contribution in [0.25, 0.3) is 6.08 Å². The van der Waals surface area contributed by atoms with Gasteiger partial charge in [0.15, 0.2) is 0 Å². The Balaban J connectivity index is 1.61. The average molecular weight is 331 g/mol. The molecule has 3 rings (SSSR count). The summed E-state index contributed by atoms with van der Waals surface area (Å²) in [5, 5.41) is 5.70. The summed E-state index contributed by atoms with van der Waals surface area (Å²) in [6.07, 6.45) is 7.40. The number of thiazole rings is 1. The molecule has 1 amide bonds. The van der Waals surface area contributed by atoms with Gasteiger partial charge in [-0.3, -0.25) is 9.69 Å². The lowest BCUT2D eigenvalue weighted by Gasteiger charge is -2.25. The minimum absolute atomic E-state index is 0.100. The smallest absolute Gasteiger partial charge is 0.244 e. The van der Waals surface area contributed by atoms with Crippen molar-refractivity contribution in [2.75, 3.05) is 19.6 Å². The Kier molecular flexibility index (Phi) is 5.25. The van der Waals surface area contributed by atoms with Crippen molar-refractivity contribution in [2.24, 2.45) is 0 Å². The number of aromatic nitrogens is 1.